The first-order valence-corrected chi connectivity index (χ1v) is 10.5. The van der Waals surface area contributed by atoms with Gasteiger partial charge in [0.2, 0.25) is 0 Å². The molecule has 0 saturated heterocycles. The van der Waals surface area contributed by atoms with E-state index in [0.717, 1.165) is 12.8 Å². The molecule has 0 amide bonds. The number of hydrogen-bond acceptors (Lipinski definition) is 3. The average molecular weight is 471 g/mol. The van der Waals surface area contributed by atoms with Crippen LogP contribution in [0, 0.1) is 0 Å². The second-order valence-corrected chi connectivity index (χ2v) is 8.69. The summed E-state index contributed by atoms with van der Waals surface area (Å²) in [5, 5.41) is 3.36. The molecule has 1 N–H and O–H groups in total. The molecule has 4 nitrogen and oxygen atoms in total. The van der Waals surface area contributed by atoms with Gasteiger partial charge in [0, 0.05) is 11.8 Å². The number of alkyl halides is 3. The van der Waals surface area contributed by atoms with Gasteiger partial charge in [0.25, 0.3) is 0 Å². The number of pyridine rings is 1. The molecule has 1 heterocycles. The number of aromatic nitrogens is 1. The third-order valence-corrected chi connectivity index (χ3v) is 6.05. The molecule has 150 valence electrons. The third kappa shape index (κ3) is 5.83. The van der Waals surface area contributed by atoms with Gasteiger partial charge in [-0.1, -0.05) is 34.8 Å². The molecule has 1 aromatic heterocycles. The van der Waals surface area contributed by atoms with E-state index in [4.69, 9.17) is 34.8 Å². The van der Waals surface area contributed by atoms with E-state index < -0.39 is 22.7 Å². The predicted molar refractivity (Wildman–Crippen MR) is 106 cm³/mol. The Labute approximate surface area is 176 Å². The van der Waals surface area contributed by atoms with Gasteiger partial charge in [0.05, 0.1) is 37.5 Å². The second kappa shape index (κ2) is 8.57. The maximum atomic E-state index is 12.6. The number of anilines is 1. The van der Waals surface area contributed by atoms with Crippen LogP contribution in [-0.4, -0.2) is 33.0 Å². The van der Waals surface area contributed by atoms with E-state index in [1.54, 1.807) is 12.1 Å². The van der Waals surface area contributed by atoms with E-state index in [-0.39, 0.29) is 26.7 Å². The highest BCUT2D eigenvalue weighted by Crippen LogP contribution is 2.33. The minimum absolute atomic E-state index is 0.105. The van der Waals surface area contributed by atoms with Gasteiger partial charge in [-0.15, -0.1) is 0 Å². The fourth-order valence-corrected chi connectivity index (χ4v) is 4.01. The van der Waals surface area contributed by atoms with Gasteiger partial charge in [-0.25, -0.2) is 4.98 Å². The number of nitrogens with zero attached hydrogens (tertiary/aromatic N) is 2. The average Bonchev–Trinajstić information content (AvgIpc) is 3.39. The van der Waals surface area contributed by atoms with Gasteiger partial charge in [-0.05, 0) is 37.1 Å². The zero-order chi connectivity index (χ0) is 20.5. The van der Waals surface area contributed by atoms with Crippen LogP contribution in [0.25, 0.3) is 0 Å². The van der Waals surface area contributed by atoms with Gasteiger partial charge >= 0.3 is 6.18 Å². The van der Waals surface area contributed by atoms with Crippen molar-refractivity contribution in [3.8, 4) is 0 Å². The lowest BCUT2D eigenvalue weighted by molar-refractivity contribution is -0.105. The summed E-state index contributed by atoms with van der Waals surface area (Å²) in [5.41, 5.74) is 0.867. The van der Waals surface area contributed by atoms with Crippen molar-refractivity contribution in [1.82, 2.24) is 4.98 Å². The largest absolute Gasteiger partial charge is 0.400 e. The lowest BCUT2D eigenvalue weighted by atomic mass is 10.2. The Hall–Kier alpha value is -1.35. The Bertz CT molecular complexity index is 932. The normalized spacial score (nSPS) is 16.1. The molecule has 0 radical (unpaired) electrons. The molecule has 2 aromatic rings. The zero-order valence-electron chi connectivity index (χ0n) is 14.1. The zero-order valence-corrected chi connectivity index (χ0v) is 17.1. The SMILES string of the molecule is O=S(CC(F)(F)F)c1cc(NC(=NC2CC2)c2ccc(Cl)nc2)c(Cl)cc1Cl. The summed E-state index contributed by atoms with van der Waals surface area (Å²) >= 11 is 18.0. The molecule has 28 heavy (non-hydrogen) atoms. The number of hydrogen-bond donors (Lipinski definition) is 1. The topological polar surface area (TPSA) is 54.4 Å². The first-order valence-electron chi connectivity index (χ1n) is 8.03. The van der Waals surface area contributed by atoms with Crippen molar-refractivity contribution >= 4 is 57.1 Å². The van der Waals surface area contributed by atoms with Crippen molar-refractivity contribution in [3.63, 3.8) is 0 Å². The van der Waals surface area contributed by atoms with Gasteiger partial charge in [0.1, 0.15) is 16.7 Å². The van der Waals surface area contributed by atoms with Crippen molar-refractivity contribution in [2.24, 2.45) is 4.99 Å². The Morgan fingerprint density at radius 1 is 1.21 bits per heavy atom. The molecule has 1 unspecified atom stereocenters. The molecular formula is C17H13Cl3F3N3OS. The van der Waals surface area contributed by atoms with E-state index >= 15 is 0 Å². The van der Waals surface area contributed by atoms with E-state index in [1.165, 1.54) is 18.3 Å². The lowest BCUT2D eigenvalue weighted by Gasteiger charge is -2.15. The molecule has 1 aliphatic rings. The van der Waals surface area contributed by atoms with Crippen LogP contribution in [0.3, 0.4) is 0 Å². The van der Waals surface area contributed by atoms with Crippen molar-refractivity contribution in [3.05, 3.63) is 51.2 Å². The maximum absolute atomic E-state index is 12.6. The summed E-state index contributed by atoms with van der Waals surface area (Å²) in [6.45, 7) is 0. The summed E-state index contributed by atoms with van der Waals surface area (Å²) in [6, 6.07) is 5.94. The van der Waals surface area contributed by atoms with Crippen LogP contribution in [0.15, 0.2) is 40.4 Å². The summed E-state index contributed by atoms with van der Waals surface area (Å²) in [4.78, 5) is 8.40. The number of benzene rings is 1. The van der Waals surface area contributed by atoms with Crippen molar-refractivity contribution in [2.45, 2.75) is 30.0 Å². The highest BCUT2D eigenvalue weighted by Gasteiger charge is 2.32. The van der Waals surface area contributed by atoms with E-state index in [1.807, 2.05) is 0 Å². The minimum atomic E-state index is -4.59. The number of halogens is 6. The lowest BCUT2D eigenvalue weighted by Crippen LogP contribution is -2.19. The van der Waals surface area contributed by atoms with Gasteiger partial charge in [0.15, 0.2) is 0 Å². The number of nitrogens with one attached hydrogen (secondary N) is 1. The standard InChI is InChI=1S/C17H13Cl3F3N3OS/c18-11-5-12(19)14(28(27)8-17(21,22)23)6-13(11)26-16(25-10-2-3-10)9-1-4-15(20)24-7-9/h1,4-7,10H,2-3,8H2,(H,25,26). The van der Waals surface area contributed by atoms with E-state index in [2.05, 4.69) is 15.3 Å². The molecule has 0 aliphatic heterocycles. The Morgan fingerprint density at radius 3 is 2.50 bits per heavy atom. The first kappa shape index (κ1) is 21.4. The molecule has 1 fully saturated rings. The highest BCUT2D eigenvalue weighted by molar-refractivity contribution is 7.85. The van der Waals surface area contributed by atoms with E-state index in [0.29, 0.717) is 16.6 Å². The Kier molecular flexibility index (Phi) is 6.54. The fraction of sp³-hybridized carbons (Fsp3) is 0.294. The van der Waals surface area contributed by atoms with Gasteiger partial charge in [-0.3, -0.25) is 9.20 Å². The van der Waals surface area contributed by atoms with Crippen molar-refractivity contribution in [1.29, 1.82) is 0 Å². The molecule has 1 saturated carbocycles. The summed E-state index contributed by atoms with van der Waals surface area (Å²) in [6.07, 6.45) is -1.21. The molecule has 11 heteroatoms. The van der Waals surface area contributed by atoms with Crippen LogP contribution in [0.4, 0.5) is 18.9 Å². The predicted octanol–water partition coefficient (Wildman–Crippen LogP) is 5.73. The highest BCUT2D eigenvalue weighted by atomic mass is 35.5. The maximum Gasteiger partial charge on any atom is 0.400 e. The Balaban J connectivity index is 1.94. The third-order valence-electron chi connectivity index (χ3n) is 3.67. The number of aliphatic imine (C=N–C) groups is 1. The molecule has 3 rings (SSSR count). The van der Waals surface area contributed by atoms with Gasteiger partial charge in [-0.2, -0.15) is 13.2 Å². The smallest absolute Gasteiger partial charge is 0.339 e. The molecule has 1 aliphatic carbocycles. The van der Waals surface area contributed by atoms with Gasteiger partial charge < -0.3 is 5.32 Å². The fourth-order valence-electron chi connectivity index (χ4n) is 2.23. The monoisotopic (exact) mass is 469 g/mol. The van der Waals surface area contributed by atoms with Crippen LogP contribution in [0.5, 0.6) is 0 Å². The Morgan fingerprint density at radius 2 is 1.93 bits per heavy atom. The summed E-state index contributed by atoms with van der Waals surface area (Å²) in [5.74, 6) is -1.07. The second-order valence-electron chi connectivity index (χ2n) is 6.07. The molecule has 1 aromatic carbocycles. The quantitative estimate of drug-likeness (QED) is 0.345. The molecular weight excluding hydrogens is 458 g/mol. The van der Waals surface area contributed by atoms with Crippen LogP contribution in [0.1, 0.15) is 18.4 Å². The minimum Gasteiger partial charge on any atom is -0.339 e. The first-order chi connectivity index (χ1) is 13.1. The van der Waals surface area contributed by atoms with Crippen molar-refractivity contribution < 1.29 is 17.4 Å². The van der Waals surface area contributed by atoms with Crippen LogP contribution < -0.4 is 5.32 Å². The van der Waals surface area contributed by atoms with Crippen LogP contribution in [0.2, 0.25) is 15.2 Å². The molecule has 0 bridgehead atoms. The summed E-state index contributed by atoms with van der Waals surface area (Å²) < 4.78 is 49.9. The van der Waals surface area contributed by atoms with E-state index in [9.17, 15) is 17.4 Å². The molecule has 1 atom stereocenters. The van der Waals surface area contributed by atoms with Crippen LogP contribution in [-0.2, 0) is 10.8 Å². The number of rotatable bonds is 5. The van der Waals surface area contributed by atoms with Crippen molar-refractivity contribution in [2.75, 3.05) is 11.1 Å². The summed E-state index contributed by atoms with van der Waals surface area (Å²) in [7, 11) is -2.37. The van der Waals surface area contributed by atoms with Crippen LogP contribution >= 0.6 is 34.8 Å². The molecule has 0 spiro atoms. The number of amidine groups is 1.